The summed E-state index contributed by atoms with van der Waals surface area (Å²) in [4.78, 5) is 8.83. The number of hydrogen-bond acceptors (Lipinski definition) is 4. The molecule has 0 fully saturated rings. The van der Waals surface area contributed by atoms with Crippen LogP contribution in [0.4, 0.5) is 5.95 Å². The van der Waals surface area contributed by atoms with Crippen molar-refractivity contribution in [3.05, 3.63) is 24.2 Å². The Bertz CT molecular complexity index is 518. The van der Waals surface area contributed by atoms with E-state index in [9.17, 15) is 0 Å². The van der Waals surface area contributed by atoms with Crippen LogP contribution in [0.25, 0.3) is 11.3 Å². The second kappa shape index (κ2) is 5.62. The summed E-state index contributed by atoms with van der Waals surface area (Å²) in [5, 5.41) is 7.48. The first kappa shape index (κ1) is 12.5. The van der Waals surface area contributed by atoms with Crippen LogP contribution in [-0.2, 0) is 6.54 Å². The molecule has 0 saturated carbocycles. The first-order valence-corrected chi connectivity index (χ1v) is 6.35. The molecule has 0 aliphatic rings. The van der Waals surface area contributed by atoms with Crippen LogP contribution in [0.5, 0.6) is 0 Å². The van der Waals surface area contributed by atoms with Crippen LogP contribution in [0.1, 0.15) is 25.8 Å². The lowest BCUT2D eigenvalue weighted by molar-refractivity contribution is 0.660. The molecule has 0 atom stereocenters. The molecule has 0 spiro atoms. The van der Waals surface area contributed by atoms with Crippen LogP contribution < -0.4 is 5.32 Å². The standard InChI is InChI=1S/C13H19N5/c1-4-6-14-13-15-7-10(3)12(17-13)11-8-16-18(5-2)9-11/h7-9H,4-6H2,1-3H3,(H,14,15,17). The molecule has 2 aromatic heterocycles. The van der Waals surface area contributed by atoms with E-state index < -0.39 is 0 Å². The number of hydrogen-bond donors (Lipinski definition) is 1. The van der Waals surface area contributed by atoms with Gasteiger partial charge in [-0.25, -0.2) is 9.97 Å². The zero-order valence-electron chi connectivity index (χ0n) is 11.1. The van der Waals surface area contributed by atoms with Crippen LogP contribution in [0, 0.1) is 6.92 Å². The summed E-state index contributed by atoms with van der Waals surface area (Å²) in [7, 11) is 0. The normalized spacial score (nSPS) is 10.6. The van der Waals surface area contributed by atoms with E-state index in [1.807, 2.05) is 30.2 Å². The first-order chi connectivity index (χ1) is 8.74. The number of nitrogens with zero attached hydrogens (tertiary/aromatic N) is 4. The molecule has 5 nitrogen and oxygen atoms in total. The van der Waals surface area contributed by atoms with Gasteiger partial charge in [0.25, 0.3) is 0 Å². The van der Waals surface area contributed by atoms with Gasteiger partial charge < -0.3 is 5.32 Å². The fourth-order valence-corrected chi connectivity index (χ4v) is 1.72. The van der Waals surface area contributed by atoms with E-state index in [1.165, 1.54) is 0 Å². The number of aromatic nitrogens is 4. The van der Waals surface area contributed by atoms with Crippen molar-refractivity contribution in [2.45, 2.75) is 33.7 Å². The SMILES string of the molecule is CCCNc1ncc(C)c(-c2cnn(CC)c2)n1. The Balaban J connectivity index is 2.30. The summed E-state index contributed by atoms with van der Waals surface area (Å²) in [5.41, 5.74) is 3.05. The molecule has 0 aromatic carbocycles. The number of nitrogens with one attached hydrogen (secondary N) is 1. The first-order valence-electron chi connectivity index (χ1n) is 6.35. The second-order valence-electron chi connectivity index (χ2n) is 4.24. The van der Waals surface area contributed by atoms with E-state index in [0.29, 0.717) is 5.95 Å². The minimum absolute atomic E-state index is 0.682. The fourth-order valence-electron chi connectivity index (χ4n) is 1.72. The van der Waals surface area contributed by atoms with Gasteiger partial charge in [-0.3, -0.25) is 4.68 Å². The summed E-state index contributed by atoms with van der Waals surface area (Å²) >= 11 is 0. The highest BCUT2D eigenvalue weighted by atomic mass is 15.3. The second-order valence-corrected chi connectivity index (χ2v) is 4.24. The average molecular weight is 245 g/mol. The average Bonchev–Trinajstić information content (AvgIpc) is 2.86. The lowest BCUT2D eigenvalue weighted by Gasteiger charge is -2.06. The van der Waals surface area contributed by atoms with Crippen LogP contribution in [0.2, 0.25) is 0 Å². The smallest absolute Gasteiger partial charge is 0.223 e. The Morgan fingerprint density at radius 1 is 1.28 bits per heavy atom. The molecule has 2 aromatic rings. The Labute approximate surface area is 107 Å². The van der Waals surface area contributed by atoms with Crippen molar-refractivity contribution in [2.75, 3.05) is 11.9 Å². The molecule has 2 heterocycles. The number of aryl methyl sites for hydroxylation is 2. The monoisotopic (exact) mass is 245 g/mol. The largest absolute Gasteiger partial charge is 0.354 e. The van der Waals surface area contributed by atoms with E-state index in [4.69, 9.17) is 0 Å². The van der Waals surface area contributed by atoms with Crippen molar-refractivity contribution in [1.29, 1.82) is 0 Å². The molecule has 96 valence electrons. The fraction of sp³-hybridized carbons (Fsp3) is 0.462. The molecular weight excluding hydrogens is 226 g/mol. The predicted octanol–water partition coefficient (Wildman–Crippen LogP) is 2.49. The third-order valence-corrected chi connectivity index (χ3v) is 2.74. The summed E-state index contributed by atoms with van der Waals surface area (Å²) in [6.45, 7) is 7.95. The van der Waals surface area contributed by atoms with E-state index in [2.05, 4.69) is 34.2 Å². The van der Waals surface area contributed by atoms with Crippen molar-refractivity contribution in [2.24, 2.45) is 0 Å². The lowest BCUT2D eigenvalue weighted by atomic mass is 10.1. The van der Waals surface area contributed by atoms with Crippen LogP contribution >= 0.6 is 0 Å². The van der Waals surface area contributed by atoms with Gasteiger partial charge in [0.1, 0.15) is 0 Å². The highest BCUT2D eigenvalue weighted by molar-refractivity contribution is 5.62. The molecule has 0 unspecified atom stereocenters. The maximum atomic E-state index is 4.55. The summed E-state index contributed by atoms with van der Waals surface area (Å²) in [6, 6.07) is 0. The Kier molecular flexibility index (Phi) is 3.92. The maximum absolute atomic E-state index is 4.55. The molecule has 18 heavy (non-hydrogen) atoms. The molecule has 0 saturated heterocycles. The lowest BCUT2D eigenvalue weighted by Crippen LogP contribution is -2.05. The van der Waals surface area contributed by atoms with Crippen molar-refractivity contribution < 1.29 is 0 Å². The molecule has 0 amide bonds. The van der Waals surface area contributed by atoms with Crippen molar-refractivity contribution in [3.8, 4) is 11.3 Å². The van der Waals surface area contributed by atoms with Gasteiger partial charge in [0, 0.05) is 31.0 Å². The molecule has 0 aliphatic heterocycles. The molecule has 0 radical (unpaired) electrons. The Morgan fingerprint density at radius 2 is 2.11 bits per heavy atom. The number of rotatable bonds is 5. The molecule has 2 rings (SSSR count). The Hall–Kier alpha value is -1.91. The van der Waals surface area contributed by atoms with Gasteiger partial charge >= 0.3 is 0 Å². The minimum atomic E-state index is 0.682. The quantitative estimate of drug-likeness (QED) is 0.879. The van der Waals surface area contributed by atoms with Crippen molar-refractivity contribution in [1.82, 2.24) is 19.7 Å². The molecule has 0 bridgehead atoms. The molecule has 0 aliphatic carbocycles. The van der Waals surface area contributed by atoms with Gasteiger partial charge in [-0.05, 0) is 25.8 Å². The molecular formula is C13H19N5. The van der Waals surface area contributed by atoms with E-state index in [0.717, 1.165) is 36.3 Å². The topological polar surface area (TPSA) is 55.6 Å². The van der Waals surface area contributed by atoms with E-state index in [1.54, 1.807) is 0 Å². The van der Waals surface area contributed by atoms with Gasteiger partial charge in [0.2, 0.25) is 5.95 Å². The van der Waals surface area contributed by atoms with E-state index in [-0.39, 0.29) is 0 Å². The minimum Gasteiger partial charge on any atom is -0.354 e. The van der Waals surface area contributed by atoms with Gasteiger partial charge in [-0.1, -0.05) is 6.92 Å². The zero-order valence-corrected chi connectivity index (χ0v) is 11.1. The predicted molar refractivity (Wildman–Crippen MR) is 72.4 cm³/mol. The summed E-state index contributed by atoms with van der Waals surface area (Å²) in [5.74, 6) is 0.682. The van der Waals surface area contributed by atoms with Crippen LogP contribution in [0.3, 0.4) is 0 Å². The summed E-state index contributed by atoms with van der Waals surface area (Å²) in [6.07, 6.45) is 6.77. The van der Waals surface area contributed by atoms with Crippen LogP contribution in [-0.4, -0.2) is 26.3 Å². The van der Waals surface area contributed by atoms with Gasteiger partial charge in [-0.2, -0.15) is 5.10 Å². The van der Waals surface area contributed by atoms with E-state index >= 15 is 0 Å². The van der Waals surface area contributed by atoms with Crippen molar-refractivity contribution in [3.63, 3.8) is 0 Å². The highest BCUT2D eigenvalue weighted by Gasteiger charge is 2.08. The third-order valence-electron chi connectivity index (χ3n) is 2.74. The van der Waals surface area contributed by atoms with Crippen LogP contribution in [0.15, 0.2) is 18.6 Å². The zero-order chi connectivity index (χ0) is 13.0. The van der Waals surface area contributed by atoms with Gasteiger partial charge in [-0.15, -0.1) is 0 Å². The van der Waals surface area contributed by atoms with Gasteiger partial charge in [0.05, 0.1) is 11.9 Å². The molecule has 5 heteroatoms. The Morgan fingerprint density at radius 3 is 2.78 bits per heavy atom. The highest BCUT2D eigenvalue weighted by Crippen LogP contribution is 2.21. The third kappa shape index (κ3) is 2.67. The molecule has 1 N–H and O–H groups in total. The maximum Gasteiger partial charge on any atom is 0.223 e. The van der Waals surface area contributed by atoms with Gasteiger partial charge in [0.15, 0.2) is 0 Å². The summed E-state index contributed by atoms with van der Waals surface area (Å²) < 4.78 is 1.90. The number of anilines is 1. The van der Waals surface area contributed by atoms with Crippen molar-refractivity contribution >= 4 is 5.95 Å².